The molecule has 3 fully saturated rings. The predicted octanol–water partition coefficient (Wildman–Crippen LogP) is 1.69. The fourth-order valence-corrected chi connectivity index (χ4v) is 4.20. The van der Waals surface area contributed by atoms with Crippen LogP contribution in [0.15, 0.2) is 18.3 Å². The SMILES string of the molecule is O=C(NCc1ccnc(N2CCCC2)c1)C1CC12CCNCC2. The lowest BCUT2D eigenvalue weighted by Gasteiger charge is -2.23. The van der Waals surface area contributed by atoms with Gasteiger partial charge in [-0.2, -0.15) is 0 Å². The minimum absolute atomic E-state index is 0.240. The van der Waals surface area contributed by atoms with Crippen molar-refractivity contribution in [1.29, 1.82) is 0 Å². The van der Waals surface area contributed by atoms with Crippen LogP contribution in [0.1, 0.15) is 37.7 Å². The van der Waals surface area contributed by atoms with Gasteiger partial charge in [-0.3, -0.25) is 4.79 Å². The topological polar surface area (TPSA) is 57.3 Å². The van der Waals surface area contributed by atoms with Crippen LogP contribution in [0.4, 0.5) is 5.82 Å². The van der Waals surface area contributed by atoms with Gasteiger partial charge in [0.05, 0.1) is 0 Å². The zero-order valence-corrected chi connectivity index (χ0v) is 13.7. The van der Waals surface area contributed by atoms with Gasteiger partial charge in [-0.25, -0.2) is 4.98 Å². The van der Waals surface area contributed by atoms with E-state index in [9.17, 15) is 4.79 Å². The Kier molecular flexibility index (Phi) is 3.97. The lowest BCUT2D eigenvalue weighted by atomic mass is 9.92. The predicted molar refractivity (Wildman–Crippen MR) is 90.2 cm³/mol. The molecule has 1 unspecified atom stereocenters. The highest BCUT2D eigenvalue weighted by atomic mass is 16.2. The Morgan fingerprint density at radius 2 is 2.13 bits per heavy atom. The molecule has 2 saturated heterocycles. The number of carbonyl (C=O) groups excluding carboxylic acids is 1. The molecule has 0 radical (unpaired) electrons. The average molecular weight is 314 g/mol. The van der Waals surface area contributed by atoms with Crippen molar-refractivity contribution in [2.45, 2.75) is 38.6 Å². The molecule has 0 bridgehead atoms. The molecule has 4 rings (SSSR count). The quantitative estimate of drug-likeness (QED) is 0.888. The van der Waals surface area contributed by atoms with E-state index in [-0.39, 0.29) is 11.8 Å². The van der Waals surface area contributed by atoms with E-state index in [1.807, 2.05) is 12.3 Å². The number of amides is 1. The van der Waals surface area contributed by atoms with Crippen LogP contribution in [0.3, 0.4) is 0 Å². The summed E-state index contributed by atoms with van der Waals surface area (Å²) in [7, 11) is 0. The van der Waals surface area contributed by atoms with Crippen molar-refractivity contribution >= 4 is 11.7 Å². The monoisotopic (exact) mass is 314 g/mol. The van der Waals surface area contributed by atoms with Crippen molar-refractivity contribution in [3.63, 3.8) is 0 Å². The van der Waals surface area contributed by atoms with Crippen molar-refractivity contribution in [2.75, 3.05) is 31.1 Å². The Hall–Kier alpha value is -1.62. The van der Waals surface area contributed by atoms with Crippen LogP contribution in [0, 0.1) is 11.3 Å². The summed E-state index contributed by atoms with van der Waals surface area (Å²) in [4.78, 5) is 19.2. The van der Waals surface area contributed by atoms with Gasteiger partial charge in [-0.1, -0.05) is 0 Å². The molecule has 0 aromatic carbocycles. The van der Waals surface area contributed by atoms with Gasteiger partial charge in [0.15, 0.2) is 0 Å². The van der Waals surface area contributed by atoms with Gasteiger partial charge in [0.1, 0.15) is 5.82 Å². The van der Waals surface area contributed by atoms with E-state index >= 15 is 0 Å². The summed E-state index contributed by atoms with van der Waals surface area (Å²) >= 11 is 0. The third kappa shape index (κ3) is 3.07. The zero-order chi connectivity index (χ0) is 15.7. The fourth-order valence-electron chi connectivity index (χ4n) is 4.20. The Labute approximate surface area is 137 Å². The first-order chi connectivity index (χ1) is 11.3. The summed E-state index contributed by atoms with van der Waals surface area (Å²) in [5, 5.41) is 6.53. The normalized spacial score (nSPS) is 25.6. The largest absolute Gasteiger partial charge is 0.357 e. The van der Waals surface area contributed by atoms with Gasteiger partial charge in [-0.05, 0) is 68.3 Å². The van der Waals surface area contributed by atoms with Crippen LogP contribution < -0.4 is 15.5 Å². The smallest absolute Gasteiger partial charge is 0.223 e. The summed E-state index contributed by atoms with van der Waals surface area (Å²) in [6, 6.07) is 4.13. The Morgan fingerprint density at radius 1 is 1.35 bits per heavy atom. The number of nitrogens with zero attached hydrogens (tertiary/aromatic N) is 2. The standard InChI is InChI=1S/C18H26N4O/c23-17(15-12-18(15)4-7-19-8-5-18)21-13-14-3-6-20-16(11-14)22-9-1-2-10-22/h3,6,11,15,19H,1-2,4-5,7-10,12-13H2,(H,21,23). The molecule has 23 heavy (non-hydrogen) atoms. The molecule has 1 aliphatic carbocycles. The maximum absolute atomic E-state index is 12.4. The minimum Gasteiger partial charge on any atom is -0.357 e. The number of piperidine rings is 1. The van der Waals surface area contributed by atoms with E-state index in [1.54, 1.807) is 0 Å². The van der Waals surface area contributed by atoms with Crippen LogP contribution >= 0.6 is 0 Å². The molecule has 2 aliphatic heterocycles. The Morgan fingerprint density at radius 3 is 2.91 bits per heavy atom. The molecule has 124 valence electrons. The van der Waals surface area contributed by atoms with Gasteiger partial charge < -0.3 is 15.5 Å². The van der Waals surface area contributed by atoms with E-state index in [1.165, 1.54) is 12.8 Å². The summed E-state index contributed by atoms with van der Waals surface area (Å²) in [5.74, 6) is 1.53. The van der Waals surface area contributed by atoms with E-state index in [4.69, 9.17) is 0 Å². The van der Waals surface area contributed by atoms with Crippen LogP contribution in [-0.4, -0.2) is 37.1 Å². The first-order valence-electron chi connectivity index (χ1n) is 8.95. The molecule has 1 atom stereocenters. The number of hydrogen-bond donors (Lipinski definition) is 2. The van der Waals surface area contributed by atoms with E-state index in [0.29, 0.717) is 12.0 Å². The molecule has 2 N–H and O–H groups in total. The Balaban J connectivity index is 1.32. The summed E-state index contributed by atoms with van der Waals surface area (Å²) in [5.41, 5.74) is 1.46. The second kappa shape index (κ2) is 6.11. The molecule has 5 heteroatoms. The van der Waals surface area contributed by atoms with Crippen molar-refractivity contribution in [3.05, 3.63) is 23.9 Å². The van der Waals surface area contributed by atoms with Crippen LogP contribution in [0.25, 0.3) is 0 Å². The molecule has 1 aromatic heterocycles. The second-order valence-electron chi connectivity index (χ2n) is 7.30. The molecular weight excluding hydrogens is 288 g/mol. The van der Waals surface area contributed by atoms with E-state index < -0.39 is 0 Å². The first-order valence-corrected chi connectivity index (χ1v) is 8.95. The maximum atomic E-state index is 12.4. The molecular formula is C18H26N4O. The maximum Gasteiger partial charge on any atom is 0.223 e. The first kappa shape index (κ1) is 14.9. The van der Waals surface area contributed by atoms with Gasteiger partial charge in [-0.15, -0.1) is 0 Å². The van der Waals surface area contributed by atoms with Crippen LogP contribution in [-0.2, 0) is 11.3 Å². The summed E-state index contributed by atoms with van der Waals surface area (Å²) in [6.45, 7) is 4.94. The van der Waals surface area contributed by atoms with Crippen LogP contribution in [0.2, 0.25) is 0 Å². The molecule has 1 amide bonds. The number of anilines is 1. The number of hydrogen-bond acceptors (Lipinski definition) is 4. The average Bonchev–Trinajstić information content (AvgIpc) is 3.02. The molecule has 1 aromatic rings. The van der Waals surface area contributed by atoms with E-state index in [2.05, 4.69) is 26.6 Å². The molecule has 5 nitrogen and oxygen atoms in total. The number of carbonyl (C=O) groups is 1. The number of rotatable bonds is 4. The third-order valence-electron chi connectivity index (χ3n) is 5.81. The van der Waals surface area contributed by atoms with Crippen molar-refractivity contribution in [1.82, 2.24) is 15.6 Å². The van der Waals surface area contributed by atoms with Gasteiger partial charge in [0.25, 0.3) is 0 Å². The van der Waals surface area contributed by atoms with Gasteiger partial charge >= 0.3 is 0 Å². The molecule has 1 saturated carbocycles. The fraction of sp³-hybridized carbons (Fsp3) is 0.667. The number of aromatic nitrogens is 1. The second-order valence-corrected chi connectivity index (χ2v) is 7.30. The third-order valence-corrected chi connectivity index (χ3v) is 5.81. The lowest BCUT2D eigenvalue weighted by molar-refractivity contribution is -0.123. The highest BCUT2D eigenvalue weighted by Crippen LogP contribution is 2.58. The van der Waals surface area contributed by atoms with Crippen LogP contribution in [0.5, 0.6) is 0 Å². The number of pyridine rings is 1. The molecule has 1 spiro atoms. The number of nitrogens with one attached hydrogen (secondary N) is 2. The van der Waals surface area contributed by atoms with E-state index in [0.717, 1.165) is 56.8 Å². The van der Waals surface area contributed by atoms with Crippen molar-refractivity contribution < 1.29 is 4.79 Å². The van der Waals surface area contributed by atoms with Crippen molar-refractivity contribution in [3.8, 4) is 0 Å². The highest BCUT2D eigenvalue weighted by molar-refractivity contribution is 5.82. The van der Waals surface area contributed by atoms with Gasteiger partial charge in [0, 0.05) is 31.7 Å². The highest BCUT2D eigenvalue weighted by Gasteiger charge is 2.57. The lowest BCUT2D eigenvalue weighted by Crippen LogP contribution is -2.33. The summed E-state index contributed by atoms with van der Waals surface area (Å²) in [6.07, 6.45) is 7.75. The zero-order valence-electron chi connectivity index (χ0n) is 13.7. The molecule has 3 aliphatic rings. The molecule has 3 heterocycles. The van der Waals surface area contributed by atoms with Gasteiger partial charge in [0.2, 0.25) is 5.91 Å². The minimum atomic E-state index is 0.240. The van der Waals surface area contributed by atoms with Crippen molar-refractivity contribution in [2.24, 2.45) is 11.3 Å². The summed E-state index contributed by atoms with van der Waals surface area (Å²) < 4.78 is 0. The Bertz CT molecular complexity index is 576.